The molecular weight excluding hydrogens is 326 g/mol. The number of nitrogens with one attached hydrogen (secondary N) is 1. The van der Waals surface area contributed by atoms with E-state index in [2.05, 4.69) is 10.2 Å². The Labute approximate surface area is 155 Å². The molecule has 1 aliphatic carbocycles. The van der Waals surface area contributed by atoms with Crippen LogP contribution in [0, 0.1) is 0 Å². The third-order valence-corrected chi connectivity index (χ3v) is 5.81. The minimum absolute atomic E-state index is 0.0358. The smallest absolute Gasteiger partial charge is 0.223 e. The second-order valence-corrected chi connectivity index (χ2v) is 7.70. The maximum absolute atomic E-state index is 12.7. The minimum Gasteiger partial charge on any atom is -0.353 e. The molecule has 1 aromatic carbocycles. The molecule has 2 amide bonds. The molecule has 5 heteroatoms. The number of likely N-dealkylation sites (tertiary alicyclic amines) is 1. The van der Waals surface area contributed by atoms with Crippen molar-refractivity contribution < 1.29 is 9.59 Å². The molecule has 3 aliphatic rings. The van der Waals surface area contributed by atoms with Crippen molar-refractivity contribution in [2.75, 3.05) is 13.1 Å². The Morgan fingerprint density at radius 3 is 2.54 bits per heavy atom. The van der Waals surface area contributed by atoms with Crippen molar-refractivity contribution in [3.63, 3.8) is 0 Å². The molecule has 1 unspecified atom stereocenters. The lowest BCUT2D eigenvalue weighted by Crippen LogP contribution is -2.46. The Morgan fingerprint density at radius 2 is 1.85 bits per heavy atom. The molecule has 1 saturated carbocycles. The Morgan fingerprint density at radius 1 is 1.12 bits per heavy atom. The van der Waals surface area contributed by atoms with Crippen LogP contribution in [0.4, 0.5) is 0 Å². The van der Waals surface area contributed by atoms with Crippen LogP contribution in [0.15, 0.2) is 30.5 Å². The standard InChI is InChI=1S/C21H27N3O2/c1-15(25)24-13-8-16-4-2-3-5-19(16)20(24)14-21(26)22-17-9-11-23(12-10-17)18-6-7-18/h2-5,8,13,17-18,20H,6-7,9-12,14H2,1H3,(H,22,26). The van der Waals surface area contributed by atoms with Crippen LogP contribution in [-0.2, 0) is 9.59 Å². The summed E-state index contributed by atoms with van der Waals surface area (Å²) in [4.78, 5) is 29.0. The third-order valence-electron chi connectivity index (χ3n) is 5.81. The summed E-state index contributed by atoms with van der Waals surface area (Å²) in [5.41, 5.74) is 2.13. The summed E-state index contributed by atoms with van der Waals surface area (Å²) in [5.74, 6) is 0.00233. The molecular formula is C21H27N3O2. The molecule has 0 radical (unpaired) electrons. The second kappa shape index (κ2) is 7.23. The Kier molecular flexibility index (Phi) is 4.81. The van der Waals surface area contributed by atoms with Crippen LogP contribution in [0.5, 0.6) is 0 Å². The van der Waals surface area contributed by atoms with E-state index in [0.29, 0.717) is 6.42 Å². The fourth-order valence-electron chi connectivity index (χ4n) is 4.22. The zero-order valence-corrected chi connectivity index (χ0v) is 15.4. The van der Waals surface area contributed by atoms with E-state index in [4.69, 9.17) is 0 Å². The minimum atomic E-state index is -0.222. The van der Waals surface area contributed by atoms with Gasteiger partial charge in [-0.3, -0.25) is 9.59 Å². The highest BCUT2D eigenvalue weighted by atomic mass is 16.2. The third kappa shape index (κ3) is 3.68. The number of carbonyl (C=O) groups is 2. The molecule has 1 N–H and O–H groups in total. The van der Waals surface area contributed by atoms with Crippen molar-refractivity contribution in [3.8, 4) is 0 Å². The molecule has 5 nitrogen and oxygen atoms in total. The van der Waals surface area contributed by atoms with Gasteiger partial charge in [0.1, 0.15) is 0 Å². The van der Waals surface area contributed by atoms with Crippen molar-refractivity contribution >= 4 is 17.9 Å². The molecule has 138 valence electrons. The van der Waals surface area contributed by atoms with Crippen molar-refractivity contribution in [3.05, 3.63) is 41.6 Å². The number of carbonyl (C=O) groups excluding carboxylic acids is 2. The fourth-order valence-corrected chi connectivity index (χ4v) is 4.22. The average Bonchev–Trinajstić information content (AvgIpc) is 3.47. The van der Waals surface area contributed by atoms with Crippen molar-refractivity contribution in [2.45, 2.75) is 57.2 Å². The predicted molar refractivity (Wildman–Crippen MR) is 101 cm³/mol. The molecule has 2 aliphatic heterocycles. The van der Waals surface area contributed by atoms with Crippen molar-refractivity contribution in [2.24, 2.45) is 0 Å². The lowest BCUT2D eigenvalue weighted by Gasteiger charge is -2.34. The number of nitrogens with zero attached hydrogens (tertiary/aromatic N) is 2. The van der Waals surface area contributed by atoms with E-state index in [0.717, 1.165) is 43.1 Å². The first kappa shape index (κ1) is 17.3. The highest BCUT2D eigenvalue weighted by molar-refractivity contribution is 5.82. The van der Waals surface area contributed by atoms with Gasteiger partial charge in [-0.25, -0.2) is 0 Å². The molecule has 2 heterocycles. The average molecular weight is 353 g/mol. The van der Waals surface area contributed by atoms with Gasteiger partial charge >= 0.3 is 0 Å². The second-order valence-electron chi connectivity index (χ2n) is 7.70. The molecule has 4 rings (SSSR count). The van der Waals surface area contributed by atoms with E-state index in [1.54, 1.807) is 18.0 Å². The van der Waals surface area contributed by atoms with Gasteiger partial charge in [0.15, 0.2) is 0 Å². The first-order valence-electron chi connectivity index (χ1n) is 9.71. The van der Waals surface area contributed by atoms with Gasteiger partial charge in [-0.15, -0.1) is 0 Å². The van der Waals surface area contributed by atoms with Gasteiger partial charge in [-0.1, -0.05) is 24.3 Å². The summed E-state index contributed by atoms with van der Waals surface area (Å²) in [6.45, 7) is 3.73. The lowest BCUT2D eigenvalue weighted by molar-refractivity contribution is -0.130. The van der Waals surface area contributed by atoms with Crippen LogP contribution in [0.2, 0.25) is 0 Å². The first-order chi connectivity index (χ1) is 12.6. The Balaban J connectivity index is 1.39. The SMILES string of the molecule is CC(=O)N1C=Cc2ccccc2C1CC(=O)NC1CCN(C2CC2)CC1. The number of amides is 2. The fraction of sp³-hybridized carbons (Fsp3) is 0.524. The van der Waals surface area contributed by atoms with Crippen LogP contribution in [0.25, 0.3) is 6.08 Å². The molecule has 0 bridgehead atoms. The molecule has 1 aromatic rings. The summed E-state index contributed by atoms with van der Waals surface area (Å²) in [6.07, 6.45) is 8.79. The molecule has 2 fully saturated rings. The summed E-state index contributed by atoms with van der Waals surface area (Å²) >= 11 is 0. The normalized spacial score (nSPS) is 23.6. The van der Waals surface area contributed by atoms with Gasteiger partial charge in [0, 0.05) is 38.3 Å². The largest absolute Gasteiger partial charge is 0.353 e. The van der Waals surface area contributed by atoms with Crippen LogP contribution < -0.4 is 5.32 Å². The van der Waals surface area contributed by atoms with Crippen LogP contribution in [0.3, 0.4) is 0 Å². The predicted octanol–water partition coefficient (Wildman–Crippen LogP) is 2.69. The highest BCUT2D eigenvalue weighted by Gasteiger charge is 2.33. The van der Waals surface area contributed by atoms with Gasteiger partial charge in [-0.2, -0.15) is 0 Å². The zero-order valence-electron chi connectivity index (χ0n) is 15.4. The first-order valence-corrected chi connectivity index (χ1v) is 9.71. The molecule has 0 spiro atoms. The van der Waals surface area contributed by atoms with E-state index < -0.39 is 0 Å². The topological polar surface area (TPSA) is 52.7 Å². The van der Waals surface area contributed by atoms with Gasteiger partial charge in [0.25, 0.3) is 0 Å². The number of hydrogen-bond donors (Lipinski definition) is 1. The van der Waals surface area contributed by atoms with E-state index in [-0.39, 0.29) is 23.9 Å². The van der Waals surface area contributed by atoms with E-state index in [1.165, 1.54) is 12.8 Å². The summed E-state index contributed by atoms with van der Waals surface area (Å²) in [6, 6.07) is 8.84. The van der Waals surface area contributed by atoms with Crippen LogP contribution >= 0.6 is 0 Å². The number of rotatable bonds is 4. The summed E-state index contributed by atoms with van der Waals surface area (Å²) in [5, 5.41) is 3.21. The number of fused-ring (bicyclic) bond motifs is 1. The monoisotopic (exact) mass is 353 g/mol. The highest BCUT2D eigenvalue weighted by Crippen LogP contribution is 2.33. The van der Waals surface area contributed by atoms with E-state index >= 15 is 0 Å². The molecule has 0 aromatic heterocycles. The van der Waals surface area contributed by atoms with Gasteiger partial charge in [0.05, 0.1) is 12.5 Å². The number of piperidine rings is 1. The Bertz CT molecular complexity index is 718. The van der Waals surface area contributed by atoms with E-state index in [1.807, 2.05) is 30.3 Å². The molecule has 26 heavy (non-hydrogen) atoms. The van der Waals surface area contributed by atoms with Crippen LogP contribution in [0.1, 0.15) is 56.2 Å². The van der Waals surface area contributed by atoms with Gasteiger partial charge in [0.2, 0.25) is 11.8 Å². The molecule has 1 saturated heterocycles. The number of benzene rings is 1. The summed E-state index contributed by atoms with van der Waals surface area (Å²) in [7, 11) is 0. The van der Waals surface area contributed by atoms with E-state index in [9.17, 15) is 9.59 Å². The summed E-state index contributed by atoms with van der Waals surface area (Å²) < 4.78 is 0. The Hall–Kier alpha value is -2.14. The van der Waals surface area contributed by atoms with Gasteiger partial charge < -0.3 is 15.1 Å². The van der Waals surface area contributed by atoms with Crippen LogP contribution in [-0.4, -0.2) is 46.8 Å². The quantitative estimate of drug-likeness (QED) is 0.905. The maximum atomic E-state index is 12.7. The zero-order chi connectivity index (χ0) is 18.1. The maximum Gasteiger partial charge on any atom is 0.223 e. The van der Waals surface area contributed by atoms with Crippen molar-refractivity contribution in [1.82, 2.24) is 15.1 Å². The molecule has 1 atom stereocenters. The lowest BCUT2D eigenvalue weighted by atomic mass is 9.93. The number of hydrogen-bond acceptors (Lipinski definition) is 3. The van der Waals surface area contributed by atoms with Gasteiger partial charge in [-0.05, 0) is 42.9 Å². The van der Waals surface area contributed by atoms with Crippen molar-refractivity contribution in [1.29, 1.82) is 0 Å².